The summed E-state index contributed by atoms with van der Waals surface area (Å²) in [5.41, 5.74) is 0. The van der Waals surface area contributed by atoms with Crippen LogP contribution in [0.3, 0.4) is 0 Å². The Labute approximate surface area is 67.9 Å². The first-order chi connectivity index (χ1) is 4.66. The summed E-state index contributed by atoms with van der Waals surface area (Å²) in [6.07, 6.45) is 1.05. The zero-order chi connectivity index (χ0) is 7.98. The molecule has 2 nitrogen and oxygen atoms in total. The van der Waals surface area contributed by atoms with E-state index in [1.807, 2.05) is 21.0 Å². The molecule has 0 aliphatic heterocycles. The molecule has 0 amide bonds. The first-order valence-corrected chi connectivity index (χ1v) is 3.79. The Morgan fingerprint density at radius 3 is 2.60 bits per heavy atom. The Balaban J connectivity index is 3.39. The molecule has 3 heteroatoms. The van der Waals surface area contributed by atoms with Crippen LogP contribution in [0.4, 0.5) is 0 Å². The van der Waals surface area contributed by atoms with Crippen LogP contribution < -0.4 is 0 Å². The lowest BCUT2D eigenvalue weighted by Crippen LogP contribution is -2.16. The van der Waals surface area contributed by atoms with Crippen LogP contribution in [0.15, 0.2) is 4.99 Å². The summed E-state index contributed by atoms with van der Waals surface area (Å²) in [7, 11) is 4.10. The van der Waals surface area contributed by atoms with Gasteiger partial charge in [0.15, 0.2) is 0 Å². The van der Waals surface area contributed by atoms with E-state index in [1.165, 1.54) is 0 Å². The third-order valence-corrected chi connectivity index (χ3v) is 1.37. The highest BCUT2D eigenvalue weighted by Gasteiger charge is 1.97. The normalized spacial score (nSPS) is 12.8. The smallest absolute Gasteiger partial charge is 0.0587 e. The predicted octanol–water partition coefficient (Wildman–Crippen LogP) is 1.43. The molecular weight excluding hydrogens is 144 g/mol. The van der Waals surface area contributed by atoms with Gasteiger partial charge in [-0.2, -0.15) is 0 Å². The molecule has 0 aliphatic rings. The van der Waals surface area contributed by atoms with Crippen molar-refractivity contribution in [3.8, 4) is 0 Å². The lowest BCUT2D eigenvalue weighted by atomic mass is 10.2. The van der Waals surface area contributed by atoms with Crippen LogP contribution in [-0.4, -0.2) is 36.7 Å². The number of hydrogen-bond donors (Lipinski definition) is 0. The van der Waals surface area contributed by atoms with Crippen LogP contribution in [0.1, 0.15) is 13.3 Å². The predicted molar refractivity (Wildman–Crippen MR) is 47.7 cm³/mol. The molecule has 58 valence electrons. The number of thiocarbonyl (C=S) groups is 1. The van der Waals surface area contributed by atoms with Gasteiger partial charge in [0.05, 0.1) is 11.2 Å². The highest BCUT2D eigenvalue weighted by Crippen LogP contribution is 1.95. The third kappa shape index (κ3) is 5.89. The van der Waals surface area contributed by atoms with Gasteiger partial charge < -0.3 is 4.90 Å². The minimum absolute atomic E-state index is 0.319. The molecule has 0 aromatic rings. The van der Waals surface area contributed by atoms with Crippen molar-refractivity contribution in [2.75, 3.05) is 20.6 Å². The van der Waals surface area contributed by atoms with Gasteiger partial charge in [-0.15, -0.1) is 0 Å². The average molecular weight is 158 g/mol. The zero-order valence-corrected chi connectivity index (χ0v) is 7.61. The fourth-order valence-electron chi connectivity index (χ4n) is 0.600. The maximum absolute atomic E-state index is 4.48. The molecule has 0 aromatic carbocycles. The van der Waals surface area contributed by atoms with Crippen LogP contribution in [0, 0.1) is 0 Å². The molecule has 0 bridgehead atoms. The van der Waals surface area contributed by atoms with Crippen molar-refractivity contribution >= 4 is 17.4 Å². The maximum atomic E-state index is 4.48. The number of rotatable bonds is 4. The van der Waals surface area contributed by atoms with Crippen molar-refractivity contribution in [3.63, 3.8) is 0 Å². The largest absolute Gasteiger partial charge is 0.309 e. The van der Waals surface area contributed by atoms with Crippen molar-refractivity contribution in [1.29, 1.82) is 0 Å². The second kappa shape index (κ2) is 5.54. The quantitative estimate of drug-likeness (QED) is 0.454. The summed E-state index contributed by atoms with van der Waals surface area (Å²) in [5, 5.41) is 2.38. The Kier molecular flexibility index (Phi) is 5.40. The van der Waals surface area contributed by atoms with Gasteiger partial charge in [-0.25, -0.2) is 4.99 Å². The highest BCUT2D eigenvalue weighted by atomic mass is 32.1. The van der Waals surface area contributed by atoms with E-state index < -0.39 is 0 Å². The van der Waals surface area contributed by atoms with E-state index in [0.29, 0.717) is 6.04 Å². The summed E-state index contributed by atoms with van der Waals surface area (Å²) in [4.78, 5) is 6.07. The SMILES string of the molecule is CC(CCN(C)C)N=C=S. The van der Waals surface area contributed by atoms with Gasteiger partial charge in [0.2, 0.25) is 0 Å². The van der Waals surface area contributed by atoms with Gasteiger partial charge >= 0.3 is 0 Å². The summed E-state index contributed by atoms with van der Waals surface area (Å²) in [6, 6.07) is 0.319. The van der Waals surface area contributed by atoms with E-state index in [9.17, 15) is 0 Å². The lowest BCUT2D eigenvalue weighted by molar-refractivity contribution is 0.386. The number of nitrogens with zero attached hydrogens (tertiary/aromatic N) is 2. The second-order valence-electron chi connectivity index (χ2n) is 2.66. The number of hydrogen-bond acceptors (Lipinski definition) is 3. The highest BCUT2D eigenvalue weighted by molar-refractivity contribution is 7.78. The van der Waals surface area contributed by atoms with E-state index in [4.69, 9.17) is 0 Å². The first kappa shape index (κ1) is 9.76. The number of isothiocyanates is 1. The molecule has 0 saturated heterocycles. The van der Waals surface area contributed by atoms with Crippen molar-refractivity contribution in [2.45, 2.75) is 19.4 Å². The standard InChI is InChI=1S/C7H14N2S/c1-7(8-6-10)4-5-9(2)3/h7H,4-5H2,1-3H3. The zero-order valence-electron chi connectivity index (χ0n) is 6.79. The molecule has 10 heavy (non-hydrogen) atoms. The van der Waals surface area contributed by atoms with Gasteiger partial charge in [0.1, 0.15) is 0 Å². The van der Waals surface area contributed by atoms with E-state index in [1.54, 1.807) is 0 Å². The van der Waals surface area contributed by atoms with Gasteiger partial charge in [0.25, 0.3) is 0 Å². The molecule has 0 saturated carbocycles. The Hall–Kier alpha value is -0.240. The van der Waals surface area contributed by atoms with E-state index >= 15 is 0 Å². The molecule has 0 aromatic heterocycles. The number of aliphatic imine (C=N–C) groups is 1. The van der Waals surface area contributed by atoms with Crippen LogP contribution in [0.5, 0.6) is 0 Å². The molecule has 0 fully saturated rings. The average Bonchev–Trinajstić information content (AvgIpc) is 1.85. The van der Waals surface area contributed by atoms with Crippen LogP contribution in [0.2, 0.25) is 0 Å². The molecule has 0 N–H and O–H groups in total. The lowest BCUT2D eigenvalue weighted by Gasteiger charge is -2.10. The maximum Gasteiger partial charge on any atom is 0.0587 e. The summed E-state index contributed by atoms with van der Waals surface area (Å²) < 4.78 is 0. The van der Waals surface area contributed by atoms with Gasteiger partial charge in [-0.1, -0.05) is 0 Å². The second-order valence-corrected chi connectivity index (χ2v) is 2.84. The van der Waals surface area contributed by atoms with E-state index in [0.717, 1.165) is 13.0 Å². The fourth-order valence-corrected chi connectivity index (χ4v) is 0.780. The van der Waals surface area contributed by atoms with Crippen LogP contribution in [-0.2, 0) is 0 Å². The Bertz CT molecular complexity index is 128. The van der Waals surface area contributed by atoms with Crippen molar-refractivity contribution < 1.29 is 0 Å². The molecule has 0 radical (unpaired) electrons. The molecular formula is C7H14N2S. The van der Waals surface area contributed by atoms with Crippen molar-refractivity contribution in [3.05, 3.63) is 0 Å². The Morgan fingerprint density at radius 2 is 2.20 bits per heavy atom. The minimum Gasteiger partial charge on any atom is -0.309 e. The first-order valence-electron chi connectivity index (χ1n) is 3.38. The molecule has 1 unspecified atom stereocenters. The molecule has 0 rings (SSSR count). The van der Waals surface area contributed by atoms with Gasteiger partial charge in [-0.05, 0) is 46.2 Å². The summed E-state index contributed by atoms with van der Waals surface area (Å²) in [5.74, 6) is 0. The molecule has 1 atom stereocenters. The Morgan fingerprint density at radius 1 is 1.60 bits per heavy atom. The molecule has 0 spiro atoms. The molecule has 0 aliphatic carbocycles. The van der Waals surface area contributed by atoms with E-state index in [2.05, 4.69) is 27.3 Å². The summed E-state index contributed by atoms with van der Waals surface area (Å²) in [6.45, 7) is 3.10. The fraction of sp³-hybridized carbons (Fsp3) is 0.857. The van der Waals surface area contributed by atoms with E-state index in [-0.39, 0.29) is 0 Å². The third-order valence-electron chi connectivity index (χ3n) is 1.27. The van der Waals surface area contributed by atoms with Crippen LogP contribution >= 0.6 is 12.2 Å². The minimum atomic E-state index is 0.319. The van der Waals surface area contributed by atoms with Crippen molar-refractivity contribution in [1.82, 2.24) is 4.90 Å². The summed E-state index contributed by atoms with van der Waals surface area (Å²) >= 11 is 4.48. The molecule has 0 heterocycles. The van der Waals surface area contributed by atoms with Gasteiger partial charge in [0, 0.05) is 0 Å². The topological polar surface area (TPSA) is 15.6 Å². The van der Waals surface area contributed by atoms with Gasteiger partial charge in [-0.3, -0.25) is 0 Å². The monoisotopic (exact) mass is 158 g/mol. The van der Waals surface area contributed by atoms with Crippen molar-refractivity contribution in [2.24, 2.45) is 4.99 Å². The van der Waals surface area contributed by atoms with Crippen LogP contribution in [0.25, 0.3) is 0 Å².